The van der Waals surface area contributed by atoms with Gasteiger partial charge in [-0.1, -0.05) is 17.4 Å². The van der Waals surface area contributed by atoms with E-state index in [1.165, 1.54) is 23.5 Å². The molecule has 0 spiro atoms. The summed E-state index contributed by atoms with van der Waals surface area (Å²) < 4.78 is 44.9. The molecule has 25 heavy (non-hydrogen) atoms. The summed E-state index contributed by atoms with van der Waals surface area (Å²) >= 11 is 2.92. The van der Waals surface area contributed by atoms with Crippen molar-refractivity contribution in [3.63, 3.8) is 0 Å². The van der Waals surface area contributed by atoms with Gasteiger partial charge in [0, 0.05) is 11.4 Å². The summed E-state index contributed by atoms with van der Waals surface area (Å²) in [4.78, 5) is 1.41. The number of rotatable bonds is 5. The number of sulfonamides is 1. The molecule has 130 valence electrons. The minimum Gasteiger partial charge on any atom is -0.312 e. The van der Waals surface area contributed by atoms with Crippen molar-refractivity contribution in [2.45, 2.75) is 16.3 Å². The van der Waals surface area contributed by atoms with Crippen LogP contribution in [0.1, 0.15) is 0 Å². The van der Waals surface area contributed by atoms with Gasteiger partial charge in [-0.25, -0.2) is 4.39 Å². The first-order chi connectivity index (χ1) is 11.9. The van der Waals surface area contributed by atoms with Gasteiger partial charge in [-0.15, -0.1) is 22.7 Å². The van der Waals surface area contributed by atoms with E-state index < -0.39 is 15.8 Å². The molecule has 1 aromatic heterocycles. The van der Waals surface area contributed by atoms with Crippen molar-refractivity contribution in [2.24, 2.45) is 4.40 Å². The quantitative estimate of drug-likeness (QED) is 0.485. The number of thioether (sulfide) groups is 1. The number of hydrogen-bond acceptors (Lipinski definition) is 4. The fourth-order valence-corrected chi connectivity index (χ4v) is 5.11. The van der Waals surface area contributed by atoms with Crippen LogP contribution in [0, 0.1) is 5.82 Å². The number of aromatic nitrogens is 1. The number of nitrogens with zero attached hydrogens (tertiary/aromatic N) is 2. The fraction of sp³-hybridized carbons (Fsp3) is 0.118. The third-order valence-corrected chi connectivity index (χ3v) is 6.67. The monoisotopic (exact) mass is 394 g/mol. The average Bonchev–Trinajstić information content (AvgIpc) is 2.91. The summed E-state index contributed by atoms with van der Waals surface area (Å²) in [7, 11) is -3.93. The molecule has 3 aromatic rings. The Bertz CT molecular complexity index is 1100. The Morgan fingerprint density at radius 3 is 2.64 bits per heavy atom. The van der Waals surface area contributed by atoms with E-state index in [0.717, 1.165) is 27.2 Å². The van der Waals surface area contributed by atoms with Crippen LogP contribution in [0.25, 0.3) is 10.2 Å². The van der Waals surface area contributed by atoms with Crippen LogP contribution in [0.2, 0.25) is 0 Å². The lowest BCUT2D eigenvalue weighted by Gasteiger charge is -2.02. The Hall–Kier alpha value is -1.90. The molecule has 0 radical (unpaired) electrons. The van der Waals surface area contributed by atoms with Gasteiger partial charge in [0.25, 0.3) is 10.0 Å². The highest BCUT2D eigenvalue weighted by Gasteiger charge is 2.15. The van der Waals surface area contributed by atoms with Crippen molar-refractivity contribution in [3.05, 3.63) is 65.7 Å². The predicted octanol–water partition coefficient (Wildman–Crippen LogP) is 4.04. The van der Waals surface area contributed by atoms with Gasteiger partial charge in [0.05, 0.1) is 15.1 Å². The van der Waals surface area contributed by atoms with Crippen molar-refractivity contribution < 1.29 is 12.8 Å². The second-order valence-corrected chi connectivity index (χ2v) is 8.63. The molecule has 0 atom stereocenters. The molecule has 0 aliphatic rings. The number of allylic oxidation sites excluding steroid dienone is 1. The minimum absolute atomic E-state index is 0.0405. The van der Waals surface area contributed by atoms with E-state index in [-0.39, 0.29) is 4.90 Å². The lowest BCUT2D eigenvalue weighted by Crippen LogP contribution is -2.16. The van der Waals surface area contributed by atoms with E-state index in [1.54, 1.807) is 22.4 Å². The van der Waals surface area contributed by atoms with Crippen LogP contribution in [-0.4, -0.2) is 19.2 Å². The molecule has 4 nitrogen and oxygen atoms in total. The number of fused-ring (bicyclic) bond motifs is 1. The molecule has 0 saturated heterocycles. The van der Waals surface area contributed by atoms with Crippen LogP contribution in [-0.2, 0) is 16.6 Å². The normalized spacial score (nSPS) is 12.6. The number of halogens is 1. The summed E-state index contributed by atoms with van der Waals surface area (Å²) in [5.74, 6) is -0.493. The first-order valence-corrected chi connectivity index (χ1v) is 10.8. The van der Waals surface area contributed by atoms with Gasteiger partial charge < -0.3 is 4.57 Å². The zero-order chi connectivity index (χ0) is 18.0. The second kappa shape index (κ2) is 7.15. The number of benzene rings is 2. The SMILES string of the molecule is C=CCn1c(=NS(=O)(=O)c2ccc(F)cc2)sc2cc(SC)ccc21. The highest BCUT2D eigenvalue weighted by molar-refractivity contribution is 7.98. The van der Waals surface area contributed by atoms with Crippen LogP contribution in [0.3, 0.4) is 0 Å². The Labute approximate surface area is 153 Å². The van der Waals surface area contributed by atoms with Crippen molar-refractivity contribution in [1.29, 1.82) is 0 Å². The summed E-state index contributed by atoms with van der Waals surface area (Å²) in [5, 5.41) is 0. The fourth-order valence-electron chi connectivity index (χ4n) is 2.32. The third-order valence-electron chi connectivity index (χ3n) is 3.51. The molecule has 0 amide bonds. The molecule has 0 aliphatic heterocycles. The molecule has 1 heterocycles. The van der Waals surface area contributed by atoms with Crippen molar-refractivity contribution in [2.75, 3.05) is 6.26 Å². The zero-order valence-corrected chi connectivity index (χ0v) is 15.8. The van der Waals surface area contributed by atoms with Gasteiger partial charge in [0.15, 0.2) is 0 Å². The van der Waals surface area contributed by atoms with Gasteiger partial charge in [-0.2, -0.15) is 8.42 Å². The number of hydrogen-bond donors (Lipinski definition) is 0. The summed E-state index contributed by atoms with van der Waals surface area (Å²) in [6.07, 6.45) is 3.68. The molecule has 0 bridgehead atoms. The lowest BCUT2D eigenvalue weighted by molar-refractivity contribution is 0.594. The summed E-state index contributed by atoms with van der Waals surface area (Å²) in [5.41, 5.74) is 0.899. The lowest BCUT2D eigenvalue weighted by atomic mass is 10.3. The maximum Gasteiger partial charge on any atom is 0.285 e. The van der Waals surface area contributed by atoms with Gasteiger partial charge in [0.2, 0.25) is 4.80 Å². The summed E-state index contributed by atoms with van der Waals surface area (Å²) in [6.45, 7) is 4.17. The van der Waals surface area contributed by atoms with Crippen molar-refractivity contribution >= 4 is 43.3 Å². The molecular weight excluding hydrogens is 379 g/mol. The van der Waals surface area contributed by atoms with Gasteiger partial charge in [-0.05, 0) is 48.7 Å². The Balaban J connectivity index is 2.22. The van der Waals surface area contributed by atoms with Crippen molar-refractivity contribution in [1.82, 2.24) is 4.57 Å². The Kier molecular flexibility index (Phi) is 5.12. The molecule has 0 unspecified atom stereocenters. The maximum absolute atomic E-state index is 13.0. The van der Waals surface area contributed by atoms with Crippen LogP contribution in [0.4, 0.5) is 4.39 Å². The standard InChI is InChI=1S/C17H15FN2O2S3/c1-3-10-20-15-9-6-13(23-2)11-16(15)24-17(20)19-25(21,22)14-7-4-12(18)5-8-14/h3-9,11H,1,10H2,2H3. The Morgan fingerprint density at radius 1 is 1.28 bits per heavy atom. The smallest absolute Gasteiger partial charge is 0.285 e. The molecular formula is C17H15FN2O2S3. The molecule has 0 saturated carbocycles. The van der Waals surface area contributed by atoms with E-state index in [0.29, 0.717) is 11.3 Å². The molecule has 0 aliphatic carbocycles. The molecule has 0 fully saturated rings. The predicted molar refractivity (Wildman–Crippen MR) is 101 cm³/mol. The summed E-state index contributed by atoms with van der Waals surface area (Å²) in [6, 6.07) is 10.6. The van der Waals surface area contributed by atoms with Crippen LogP contribution >= 0.6 is 23.1 Å². The third kappa shape index (κ3) is 3.70. The van der Waals surface area contributed by atoms with E-state index in [9.17, 15) is 12.8 Å². The topological polar surface area (TPSA) is 51.4 Å². The van der Waals surface area contributed by atoms with E-state index in [2.05, 4.69) is 11.0 Å². The van der Waals surface area contributed by atoms with Gasteiger partial charge in [-0.3, -0.25) is 0 Å². The second-order valence-electron chi connectivity index (χ2n) is 5.14. The van der Waals surface area contributed by atoms with Gasteiger partial charge in [0.1, 0.15) is 5.82 Å². The molecule has 2 aromatic carbocycles. The van der Waals surface area contributed by atoms with Gasteiger partial charge >= 0.3 is 0 Å². The number of thiazole rings is 1. The molecule has 0 N–H and O–H groups in total. The van der Waals surface area contributed by atoms with E-state index in [4.69, 9.17) is 0 Å². The van der Waals surface area contributed by atoms with Crippen molar-refractivity contribution in [3.8, 4) is 0 Å². The van der Waals surface area contributed by atoms with E-state index in [1.807, 2.05) is 24.5 Å². The Morgan fingerprint density at radius 2 is 2.00 bits per heavy atom. The highest BCUT2D eigenvalue weighted by Crippen LogP contribution is 2.24. The van der Waals surface area contributed by atoms with E-state index >= 15 is 0 Å². The minimum atomic E-state index is -3.93. The molecule has 3 rings (SSSR count). The van der Waals surface area contributed by atoms with Crippen LogP contribution < -0.4 is 4.80 Å². The average molecular weight is 395 g/mol. The van der Waals surface area contributed by atoms with Crippen LogP contribution in [0.5, 0.6) is 0 Å². The first kappa shape index (κ1) is 17.9. The zero-order valence-electron chi connectivity index (χ0n) is 13.3. The van der Waals surface area contributed by atoms with Crippen LogP contribution in [0.15, 0.2) is 69.3 Å². The first-order valence-electron chi connectivity index (χ1n) is 7.29. The highest BCUT2D eigenvalue weighted by atomic mass is 32.2. The molecule has 8 heteroatoms. The maximum atomic E-state index is 13.0. The largest absolute Gasteiger partial charge is 0.312 e.